The van der Waals surface area contributed by atoms with Crippen molar-refractivity contribution < 1.29 is 0 Å². The average Bonchev–Trinajstić information content (AvgIpc) is 3.82. The van der Waals surface area contributed by atoms with Gasteiger partial charge in [-0.3, -0.25) is 0 Å². The number of nitrogens with zero attached hydrogens (tertiary/aromatic N) is 2. The minimum atomic E-state index is -0.340. The highest BCUT2D eigenvalue weighted by atomic mass is 15.2. The predicted molar refractivity (Wildman–Crippen MR) is 277 cm³/mol. The molecule has 10 rings (SSSR count). The molecule has 0 amide bonds. The third-order valence-electron chi connectivity index (χ3n) is 13.3. The Morgan fingerprint density at radius 3 is 1.89 bits per heavy atom. The van der Waals surface area contributed by atoms with Crippen molar-refractivity contribution in [2.24, 2.45) is 0 Å². The van der Waals surface area contributed by atoms with Crippen molar-refractivity contribution in [3.05, 3.63) is 215 Å². The number of hydrogen-bond donors (Lipinski definition) is 0. The first-order valence-corrected chi connectivity index (χ1v) is 21.9. The van der Waals surface area contributed by atoms with E-state index in [-0.39, 0.29) is 11.9 Å². The zero-order chi connectivity index (χ0) is 44.3. The third-order valence-corrected chi connectivity index (χ3v) is 13.3. The van der Waals surface area contributed by atoms with Crippen LogP contribution in [0.3, 0.4) is 0 Å². The van der Waals surface area contributed by atoms with E-state index < -0.39 is 0 Å². The summed E-state index contributed by atoms with van der Waals surface area (Å²) in [5.41, 5.74) is 18.6. The molecule has 0 bridgehead atoms. The molecule has 6 heteroatoms. The quantitative estimate of drug-likeness (QED) is 0.139. The van der Waals surface area contributed by atoms with Gasteiger partial charge in [0, 0.05) is 38.6 Å². The zero-order valence-corrected chi connectivity index (χ0v) is 36.6. The number of fused-ring (bicyclic) bond motifs is 4. The SMILES string of the molecule is [B]C/C([B])=c1\c(=C(\[B])C(=C)C)c2cc(-c3ccc4c(c3)C3=CC(c5ccccc5)=CCC3(C)N4c3ccc(-c4ccccc4)cc3)c([B])c(C)c2n1-c1cccc(-c2ccccc2)c1. The van der Waals surface area contributed by atoms with Crippen LogP contribution in [0.4, 0.5) is 11.4 Å². The summed E-state index contributed by atoms with van der Waals surface area (Å²) in [6.07, 6.45) is 5.74. The molecule has 1 unspecified atom stereocenters. The number of benzene rings is 7. The fraction of sp³-hybridized carbons (Fsp3) is 0.103. The van der Waals surface area contributed by atoms with E-state index in [1.54, 1.807) is 0 Å². The summed E-state index contributed by atoms with van der Waals surface area (Å²) in [6, 6.07) is 58.0. The second-order valence-corrected chi connectivity index (χ2v) is 17.3. The molecule has 8 radical (unpaired) electrons. The highest BCUT2D eigenvalue weighted by Gasteiger charge is 2.46. The number of aromatic nitrogens is 1. The molecule has 1 aliphatic carbocycles. The topological polar surface area (TPSA) is 8.17 Å². The summed E-state index contributed by atoms with van der Waals surface area (Å²) in [6.45, 7) is 10.7. The van der Waals surface area contributed by atoms with Gasteiger partial charge >= 0.3 is 0 Å². The van der Waals surface area contributed by atoms with Crippen LogP contribution < -0.4 is 20.9 Å². The van der Waals surface area contributed by atoms with Gasteiger partial charge in [-0.25, -0.2) is 0 Å². The van der Waals surface area contributed by atoms with Crippen LogP contribution >= 0.6 is 0 Å². The minimum Gasteiger partial charge on any atom is -0.331 e. The van der Waals surface area contributed by atoms with E-state index in [1.165, 1.54) is 33.4 Å². The van der Waals surface area contributed by atoms with Gasteiger partial charge in [-0.2, -0.15) is 0 Å². The molecular weight excluding hydrogens is 768 g/mol. The molecule has 0 saturated carbocycles. The lowest BCUT2D eigenvalue weighted by molar-refractivity contribution is 0.608. The predicted octanol–water partition coefficient (Wildman–Crippen LogP) is 11.2. The molecule has 64 heavy (non-hydrogen) atoms. The van der Waals surface area contributed by atoms with E-state index in [0.29, 0.717) is 16.4 Å². The molecule has 7 aromatic carbocycles. The molecule has 2 nitrogen and oxygen atoms in total. The molecule has 1 atom stereocenters. The van der Waals surface area contributed by atoms with Crippen molar-refractivity contribution in [2.75, 3.05) is 4.90 Å². The molecule has 2 aliphatic rings. The van der Waals surface area contributed by atoms with Gasteiger partial charge < -0.3 is 9.47 Å². The largest absolute Gasteiger partial charge is 0.331 e. The highest BCUT2D eigenvalue weighted by Crippen LogP contribution is 2.56. The van der Waals surface area contributed by atoms with Gasteiger partial charge in [0.25, 0.3) is 0 Å². The van der Waals surface area contributed by atoms with Gasteiger partial charge in [-0.05, 0) is 131 Å². The summed E-state index contributed by atoms with van der Waals surface area (Å²) in [5.74, 6) is 0. The normalized spacial score (nSPS) is 16.5. The lowest BCUT2D eigenvalue weighted by atomic mass is 9.78. The molecule has 2 heterocycles. The standard InChI is InChI=1S/C58H44B4N2/c1-36(2)54(61)53-49-34-47(55(62)37(3)56(49)63(57(53)51(60)35-59)46-22-14-21-42(31-46)39-17-10-6-11-18-39)44-25-28-52-48(32-44)50-33-43(40-19-12-7-13-20-40)29-30-58(50,4)64(52)45-26-23-41(24-27-45)38-15-8-5-9-16-38/h5-29,31-34H,1,30,35H2,2-4H3/b54-53+,57-51-. The number of aryl methyl sites for hydroxylation is 1. The van der Waals surface area contributed by atoms with E-state index in [2.05, 4.69) is 200 Å². The smallest absolute Gasteiger partial charge is 0.115 e. The fourth-order valence-electron chi connectivity index (χ4n) is 9.93. The summed E-state index contributed by atoms with van der Waals surface area (Å²) in [7, 11) is 27.8. The van der Waals surface area contributed by atoms with Crippen LogP contribution in [0.25, 0.3) is 72.1 Å². The summed E-state index contributed by atoms with van der Waals surface area (Å²) >= 11 is 0. The Morgan fingerprint density at radius 1 is 0.656 bits per heavy atom. The van der Waals surface area contributed by atoms with Gasteiger partial charge in [-0.1, -0.05) is 157 Å². The fourth-order valence-corrected chi connectivity index (χ4v) is 9.93. The molecule has 298 valence electrons. The number of anilines is 2. The van der Waals surface area contributed by atoms with Crippen LogP contribution in [0.2, 0.25) is 6.32 Å². The van der Waals surface area contributed by atoms with E-state index >= 15 is 0 Å². The van der Waals surface area contributed by atoms with E-state index in [1.807, 2.05) is 13.0 Å². The second-order valence-electron chi connectivity index (χ2n) is 17.3. The third kappa shape index (κ3) is 6.79. The molecule has 0 N–H and O–H groups in total. The van der Waals surface area contributed by atoms with E-state index in [0.717, 1.165) is 78.3 Å². The van der Waals surface area contributed by atoms with Crippen LogP contribution in [0.5, 0.6) is 0 Å². The summed E-state index contributed by atoms with van der Waals surface area (Å²) in [5, 5.41) is 2.47. The maximum absolute atomic E-state index is 7.37. The molecule has 0 fully saturated rings. The molecule has 0 saturated heterocycles. The Morgan fingerprint density at radius 2 is 1.25 bits per heavy atom. The van der Waals surface area contributed by atoms with Crippen LogP contribution in [-0.4, -0.2) is 41.5 Å². The first-order chi connectivity index (χ1) is 31.1. The van der Waals surface area contributed by atoms with Gasteiger partial charge in [0.1, 0.15) is 23.5 Å². The van der Waals surface area contributed by atoms with Crippen molar-refractivity contribution in [1.29, 1.82) is 0 Å². The molecule has 1 aliphatic heterocycles. The number of allylic oxidation sites excluding steroid dienone is 3. The van der Waals surface area contributed by atoms with Crippen LogP contribution in [0, 0.1) is 6.92 Å². The maximum Gasteiger partial charge on any atom is 0.115 e. The number of hydrogen-bond acceptors (Lipinski definition) is 1. The highest BCUT2D eigenvalue weighted by molar-refractivity contribution is 6.45. The second kappa shape index (κ2) is 16.3. The van der Waals surface area contributed by atoms with Crippen molar-refractivity contribution in [2.45, 2.75) is 39.1 Å². The van der Waals surface area contributed by atoms with Crippen LogP contribution in [-0.2, 0) is 0 Å². The van der Waals surface area contributed by atoms with E-state index in [4.69, 9.17) is 31.4 Å². The van der Waals surface area contributed by atoms with Crippen LogP contribution in [0.15, 0.2) is 188 Å². The van der Waals surface area contributed by atoms with Crippen molar-refractivity contribution >= 4 is 81.2 Å². The lowest BCUT2D eigenvalue weighted by Gasteiger charge is -2.39. The van der Waals surface area contributed by atoms with Crippen molar-refractivity contribution in [3.63, 3.8) is 0 Å². The van der Waals surface area contributed by atoms with Gasteiger partial charge in [0.15, 0.2) is 0 Å². The molecule has 1 aromatic heterocycles. The van der Waals surface area contributed by atoms with Gasteiger partial charge in [-0.15, -0.1) is 5.47 Å². The minimum absolute atomic E-state index is 0.135. The zero-order valence-electron chi connectivity index (χ0n) is 36.6. The first kappa shape index (κ1) is 41.1. The summed E-state index contributed by atoms with van der Waals surface area (Å²) < 4.78 is 2.18. The van der Waals surface area contributed by atoms with Crippen molar-refractivity contribution in [3.8, 4) is 39.1 Å². The van der Waals surface area contributed by atoms with Gasteiger partial charge in [0.2, 0.25) is 0 Å². The molecular formula is C58H44B4N2. The Hall–Kier alpha value is -6.90. The maximum atomic E-state index is 7.37. The summed E-state index contributed by atoms with van der Waals surface area (Å²) in [4.78, 5) is 2.52. The lowest BCUT2D eigenvalue weighted by Crippen LogP contribution is -2.40. The van der Waals surface area contributed by atoms with Crippen LogP contribution in [0.1, 0.15) is 37.0 Å². The van der Waals surface area contributed by atoms with Gasteiger partial charge in [0.05, 0.1) is 18.9 Å². The average molecular weight is 812 g/mol. The van der Waals surface area contributed by atoms with Crippen molar-refractivity contribution in [1.82, 2.24) is 4.57 Å². The monoisotopic (exact) mass is 812 g/mol. The Bertz CT molecular complexity index is 3350. The van der Waals surface area contributed by atoms with E-state index in [9.17, 15) is 0 Å². The first-order valence-electron chi connectivity index (χ1n) is 21.9. The number of rotatable bonds is 8. The Balaban J connectivity index is 1.20. The Kier molecular flexibility index (Phi) is 10.5. The molecule has 0 spiro atoms. The molecule has 8 aromatic rings. The Labute approximate surface area is 382 Å².